The molecule has 0 atom stereocenters. The van der Waals surface area contributed by atoms with Crippen molar-refractivity contribution >= 4 is 20.0 Å². The summed E-state index contributed by atoms with van der Waals surface area (Å²) in [6.45, 7) is 7.48. The number of hydrogen-bond acceptors (Lipinski definition) is 4. The predicted octanol–water partition coefficient (Wildman–Crippen LogP) is 2.00. The van der Waals surface area contributed by atoms with Crippen LogP contribution in [0.3, 0.4) is 0 Å². The first-order valence-electron chi connectivity index (χ1n) is 8.28. The van der Waals surface area contributed by atoms with E-state index >= 15 is 0 Å². The minimum atomic E-state index is -1.52. The van der Waals surface area contributed by atoms with Gasteiger partial charge in [0.2, 0.25) is 5.91 Å². The van der Waals surface area contributed by atoms with Crippen molar-refractivity contribution < 1.29 is 14.3 Å². The smallest absolute Gasteiger partial charge is 0.325 e. The van der Waals surface area contributed by atoms with Crippen molar-refractivity contribution in [1.29, 1.82) is 0 Å². The Balaban J connectivity index is 2.69. The number of nitrogens with zero attached hydrogens (tertiary/aromatic N) is 2. The Kier molecular flexibility index (Phi) is 8.39. The van der Waals surface area contributed by atoms with Gasteiger partial charge in [-0.2, -0.15) is 0 Å². The molecule has 0 bridgehead atoms. The number of rotatable bonds is 7. The first kappa shape index (κ1) is 20.9. The van der Waals surface area contributed by atoms with E-state index in [1.807, 2.05) is 42.3 Å². The zero-order valence-electron chi connectivity index (χ0n) is 15.8. The van der Waals surface area contributed by atoms with Crippen molar-refractivity contribution in [2.75, 3.05) is 33.8 Å². The van der Waals surface area contributed by atoms with E-state index in [-0.39, 0.29) is 25.5 Å². The summed E-state index contributed by atoms with van der Waals surface area (Å²) in [5, 5.41) is 0. The molecule has 6 heteroatoms. The molecular weight excluding hydrogens is 332 g/mol. The molecule has 0 aliphatic rings. The lowest BCUT2D eigenvalue weighted by atomic mass is 10.2. The molecule has 0 spiro atoms. The van der Waals surface area contributed by atoms with Crippen LogP contribution in [-0.2, 0) is 20.9 Å². The van der Waals surface area contributed by atoms with Crippen molar-refractivity contribution in [1.82, 2.24) is 9.80 Å². The summed E-state index contributed by atoms with van der Waals surface area (Å²) in [5.41, 5.74) is 4.36. The number of ether oxygens (including phenoxy) is 1. The van der Waals surface area contributed by atoms with E-state index in [4.69, 9.17) is 4.74 Å². The molecule has 0 unspecified atom stereocenters. The van der Waals surface area contributed by atoms with Gasteiger partial charge in [-0.1, -0.05) is 55.9 Å². The summed E-state index contributed by atoms with van der Waals surface area (Å²) in [7, 11) is 1.69. The Labute approximate surface area is 152 Å². The fourth-order valence-electron chi connectivity index (χ4n) is 2.13. The topological polar surface area (TPSA) is 49.9 Å². The van der Waals surface area contributed by atoms with Gasteiger partial charge >= 0.3 is 5.97 Å². The lowest BCUT2D eigenvalue weighted by Gasteiger charge is -2.23. The van der Waals surface area contributed by atoms with Gasteiger partial charge in [0.15, 0.2) is 0 Å². The molecule has 0 N–H and O–H groups in total. The lowest BCUT2D eigenvalue weighted by molar-refractivity contribution is -0.146. The summed E-state index contributed by atoms with van der Waals surface area (Å²) in [6, 6.07) is 9.95. The number of hydrogen-bond donors (Lipinski definition) is 0. The number of carbonyl (C=O) groups is 2. The quantitative estimate of drug-likeness (QED) is 0.424. The SMILES string of the molecule is COC(=O)CN(CC#C[Si](C)(C)C)C(=O)CN(C)Cc1ccccc1. The van der Waals surface area contributed by atoms with Gasteiger partial charge < -0.3 is 9.64 Å². The highest BCUT2D eigenvalue weighted by Gasteiger charge is 2.18. The summed E-state index contributed by atoms with van der Waals surface area (Å²) in [4.78, 5) is 27.5. The minimum Gasteiger partial charge on any atom is -0.468 e. The molecular formula is C19H28N2O3Si. The highest BCUT2D eigenvalue weighted by atomic mass is 28.3. The van der Waals surface area contributed by atoms with Crippen LogP contribution in [0.1, 0.15) is 5.56 Å². The van der Waals surface area contributed by atoms with E-state index in [9.17, 15) is 9.59 Å². The maximum atomic E-state index is 12.6. The Morgan fingerprint density at radius 2 is 1.76 bits per heavy atom. The molecule has 1 aromatic carbocycles. The Hall–Kier alpha value is -2.10. The van der Waals surface area contributed by atoms with Crippen LogP contribution in [0.5, 0.6) is 0 Å². The molecule has 0 aliphatic carbocycles. The fraction of sp³-hybridized carbons (Fsp3) is 0.474. The predicted molar refractivity (Wildman–Crippen MR) is 102 cm³/mol. The van der Waals surface area contributed by atoms with Gasteiger partial charge in [-0.05, 0) is 12.6 Å². The second kappa shape index (κ2) is 10.0. The van der Waals surface area contributed by atoms with E-state index < -0.39 is 14.0 Å². The first-order chi connectivity index (χ1) is 11.7. The van der Waals surface area contributed by atoms with Gasteiger partial charge in [-0.15, -0.1) is 5.54 Å². The molecule has 136 valence electrons. The van der Waals surface area contributed by atoms with Gasteiger partial charge in [-0.3, -0.25) is 14.5 Å². The molecule has 0 aromatic heterocycles. The van der Waals surface area contributed by atoms with Crippen molar-refractivity contribution in [3.8, 4) is 11.5 Å². The first-order valence-corrected chi connectivity index (χ1v) is 11.8. The number of esters is 1. The summed E-state index contributed by atoms with van der Waals surface area (Å²) >= 11 is 0. The van der Waals surface area contributed by atoms with Crippen LogP contribution in [-0.4, -0.2) is 63.5 Å². The van der Waals surface area contributed by atoms with Crippen LogP contribution in [0.25, 0.3) is 0 Å². The molecule has 0 saturated heterocycles. The fourth-order valence-corrected chi connectivity index (χ4v) is 2.74. The normalized spacial score (nSPS) is 10.8. The zero-order chi connectivity index (χ0) is 18.9. The highest BCUT2D eigenvalue weighted by molar-refractivity contribution is 6.83. The molecule has 0 aliphatic heterocycles. The minimum absolute atomic E-state index is 0.0745. The second-order valence-electron chi connectivity index (χ2n) is 7.04. The molecule has 1 rings (SSSR count). The van der Waals surface area contributed by atoms with E-state index in [1.54, 1.807) is 0 Å². The van der Waals surface area contributed by atoms with Gasteiger partial charge in [0.25, 0.3) is 0 Å². The molecule has 25 heavy (non-hydrogen) atoms. The van der Waals surface area contributed by atoms with E-state index in [0.29, 0.717) is 6.54 Å². The molecule has 0 radical (unpaired) electrons. The number of amides is 1. The van der Waals surface area contributed by atoms with E-state index in [1.165, 1.54) is 12.0 Å². The molecule has 0 fully saturated rings. The maximum Gasteiger partial charge on any atom is 0.325 e. The van der Waals surface area contributed by atoms with E-state index in [2.05, 4.69) is 31.1 Å². The van der Waals surface area contributed by atoms with Gasteiger partial charge in [-0.25, -0.2) is 0 Å². The summed E-state index contributed by atoms with van der Waals surface area (Å²) in [6.07, 6.45) is 0. The molecule has 1 amide bonds. The van der Waals surface area contributed by atoms with Crippen molar-refractivity contribution in [3.63, 3.8) is 0 Å². The van der Waals surface area contributed by atoms with Crippen molar-refractivity contribution in [3.05, 3.63) is 35.9 Å². The monoisotopic (exact) mass is 360 g/mol. The summed E-state index contributed by atoms with van der Waals surface area (Å²) < 4.78 is 4.69. The average Bonchev–Trinajstić information content (AvgIpc) is 2.53. The number of carbonyl (C=O) groups excluding carboxylic acids is 2. The molecule has 1 aromatic rings. The Morgan fingerprint density at radius 3 is 2.32 bits per heavy atom. The third kappa shape index (κ3) is 9.08. The van der Waals surface area contributed by atoms with Crippen molar-refractivity contribution in [2.24, 2.45) is 0 Å². The van der Waals surface area contributed by atoms with Crippen LogP contribution in [0.4, 0.5) is 0 Å². The van der Waals surface area contributed by atoms with Crippen molar-refractivity contribution in [2.45, 2.75) is 26.2 Å². The molecule has 0 saturated carbocycles. The zero-order valence-corrected chi connectivity index (χ0v) is 16.8. The average molecular weight is 361 g/mol. The Morgan fingerprint density at radius 1 is 1.12 bits per heavy atom. The van der Waals surface area contributed by atoms with Gasteiger partial charge in [0.1, 0.15) is 14.6 Å². The van der Waals surface area contributed by atoms with E-state index in [0.717, 1.165) is 5.56 Å². The van der Waals surface area contributed by atoms with Crippen LogP contribution in [0.2, 0.25) is 19.6 Å². The maximum absolute atomic E-state index is 12.6. The Bertz CT molecular complexity index is 630. The standard InChI is InChI=1S/C19H28N2O3Si/c1-20(14-17-10-7-6-8-11-17)15-18(22)21(16-19(23)24-2)12-9-13-25(3,4)5/h6-8,10-11H,12,14-16H2,1-5H3. The highest BCUT2D eigenvalue weighted by Crippen LogP contribution is 2.03. The summed E-state index contributed by atoms with van der Waals surface area (Å²) in [5.74, 6) is 2.48. The third-order valence-corrected chi connectivity index (χ3v) is 4.26. The number of benzene rings is 1. The third-order valence-electron chi connectivity index (χ3n) is 3.33. The molecule has 0 heterocycles. The van der Waals surface area contributed by atoms with Crippen LogP contribution >= 0.6 is 0 Å². The number of methoxy groups -OCH3 is 1. The van der Waals surface area contributed by atoms with Crippen LogP contribution in [0.15, 0.2) is 30.3 Å². The molecule has 5 nitrogen and oxygen atoms in total. The number of likely N-dealkylation sites (N-methyl/N-ethyl adjacent to an activating group) is 1. The largest absolute Gasteiger partial charge is 0.468 e. The second-order valence-corrected chi connectivity index (χ2v) is 11.8. The van der Waals surface area contributed by atoms with Gasteiger partial charge in [0.05, 0.1) is 20.2 Å². The van der Waals surface area contributed by atoms with Gasteiger partial charge in [0, 0.05) is 6.54 Å². The van der Waals surface area contributed by atoms with Crippen LogP contribution in [0, 0.1) is 11.5 Å². The lowest BCUT2D eigenvalue weighted by Crippen LogP contribution is -2.42. The van der Waals surface area contributed by atoms with Crippen LogP contribution < -0.4 is 0 Å².